The molecular weight excluding hydrogens is 340 g/mol. The van der Waals surface area contributed by atoms with Gasteiger partial charge in [-0.05, 0) is 38.3 Å². The molecule has 6 heteroatoms. The van der Waals surface area contributed by atoms with Crippen molar-refractivity contribution in [3.05, 3.63) is 65.9 Å². The van der Waals surface area contributed by atoms with Gasteiger partial charge in [0.15, 0.2) is 5.69 Å². The van der Waals surface area contributed by atoms with E-state index in [4.69, 9.17) is 4.42 Å². The summed E-state index contributed by atoms with van der Waals surface area (Å²) in [6, 6.07) is 4.13. The van der Waals surface area contributed by atoms with Crippen molar-refractivity contribution in [2.45, 2.75) is 38.8 Å². The number of hydrogen-bond donors (Lipinski definition) is 1. The van der Waals surface area contributed by atoms with Gasteiger partial charge in [0.2, 0.25) is 0 Å². The third kappa shape index (κ3) is 4.22. The van der Waals surface area contributed by atoms with Crippen molar-refractivity contribution in [2.75, 3.05) is 13.1 Å². The molecule has 1 aliphatic carbocycles. The first-order valence-corrected chi connectivity index (χ1v) is 9.37. The Hall–Kier alpha value is -2.60. The molecule has 1 unspecified atom stereocenters. The SMILES string of the molecule is C=CCN(CC=C)C1CCc2c(c(C(=O)NCc3ccc(C)o3)nn2C)C1. The lowest BCUT2D eigenvalue weighted by atomic mass is 9.90. The monoisotopic (exact) mass is 368 g/mol. The fourth-order valence-corrected chi connectivity index (χ4v) is 3.80. The molecule has 0 bridgehead atoms. The van der Waals surface area contributed by atoms with E-state index in [9.17, 15) is 4.79 Å². The van der Waals surface area contributed by atoms with Crippen LogP contribution in [0.5, 0.6) is 0 Å². The second kappa shape index (κ2) is 8.39. The first-order chi connectivity index (χ1) is 13.0. The van der Waals surface area contributed by atoms with Crippen LogP contribution in [-0.4, -0.2) is 39.7 Å². The van der Waals surface area contributed by atoms with Crippen molar-refractivity contribution in [1.29, 1.82) is 0 Å². The van der Waals surface area contributed by atoms with E-state index >= 15 is 0 Å². The second-order valence-electron chi connectivity index (χ2n) is 7.02. The highest BCUT2D eigenvalue weighted by Gasteiger charge is 2.30. The Kier molecular flexibility index (Phi) is 5.96. The number of aryl methyl sites for hydroxylation is 2. The van der Waals surface area contributed by atoms with Gasteiger partial charge in [-0.1, -0.05) is 12.2 Å². The van der Waals surface area contributed by atoms with Crippen LogP contribution in [-0.2, 0) is 26.4 Å². The number of amides is 1. The van der Waals surface area contributed by atoms with Gasteiger partial charge in [-0.3, -0.25) is 14.4 Å². The molecule has 1 aliphatic rings. The Morgan fingerprint density at radius 1 is 1.41 bits per heavy atom. The van der Waals surface area contributed by atoms with Crippen molar-refractivity contribution in [2.24, 2.45) is 7.05 Å². The van der Waals surface area contributed by atoms with Gasteiger partial charge in [0.25, 0.3) is 5.91 Å². The van der Waals surface area contributed by atoms with E-state index in [-0.39, 0.29) is 5.91 Å². The second-order valence-corrected chi connectivity index (χ2v) is 7.02. The normalized spacial score (nSPS) is 16.2. The maximum atomic E-state index is 12.8. The van der Waals surface area contributed by atoms with Gasteiger partial charge in [0.1, 0.15) is 11.5 Å². The summed E-state index contributed by atoms with van der Waals surface area (Å²) in [5.41, 5.74) is 2.74. The Balaban J connectivity index is 1.75. The number of carbonyl (C=O) groups is 1. The summed E-state index contributed by atoms with van der Waals surface area (Å²) in [6.45, 7) is 11.6. The summed E-state index contributed by atoms with van der Waals surface area (Å²) in [5.74, 6) is 1.43. The maximum absolute atomic E-state index is 12.8. The first-order valence-electron chi connectivity index (χ1n) is 9.37. The molecule has 3 rings (SSSR count). The molecule has 0 fully saturated rings. The standard InChI is InChI=1S/C21H28N4O2/c1-5-11-25(12-6-2)16-8-10-19-18(13-16)20(23-24(19)4)21(26)22-14-17-9-7-15(3)27-17/h5-7,9,16H,1-2,8,10-14H2,3-4H3,(H,22,26). The van der Waals surface area contributed by atoms with E-state index in [1.165, 1.54) is 0 Å². The summed E-state index contributed by atoms with van der Waals surface area (Å²) in [7, 11) is 1.91. The number of nitrogens with zero attached hydrogens (tertiary/aromatic N) is 3. The van der Waals surface area contributed by atoms with Crippen LogP contribution in [0.4, 0.5) is 0 Å². The first kappa shape index (κ1) is 19.2. The molecular formula is C21H28N4O2. The minimum atomic E-state index is -0.152. The fourth-order valence-electron chi connectivity index (χ4n) is 3.80. The number of fused-ring (bicyclic) bond motifs is 1. The molecule has 1 N–H and O–H groups in total. The smallest absolute Gasteiger partial charge is 0.272 e. The molecule has 2 aromatic heterocycles. The van der Waals surface area contributed by atoms with Crippen LogP contribution >= 0.6 is 0 Å². The summed E-state index contributed by atoms with van der Waals surface area (Å²) >= 11 is 0. The van der Waals surface area contributed by atoms with Gasteiger partial charge in [-0.2, -0.15) is 5.10 Å². The van der Waals surface area contributed by atoms with Crippen molar-refractivity contribution in [3.63, 3.8) is 0 Å². The average molecular weight is 368 g/mol. The van der Waals surface area contributed by atoms with E-state index in [2.05, 4.69) is 28.5 Å². The lowest BCUT2D eigenvalue weighted by Gasteiger charge is -2.33. The third-order valence-corrected chi connectivity index (χ3v) is 5.11. The van der Waals surface area contributed by atoms with Crippen molar-refractivity contribution < 1.29 is 9.21 Å². The predicted octanol–water partition coefficient (Wildman–Crippen LogP) is 2.78. The molecule has 0 saturated heterocycles. The molecule has 6 nitrogen and oxygen atoms in total. The largest absolute Gasteiger partial charge is 0.465 e. The number of furan rings is 1. The molecule has 1 amide bonds. The molecule has 144 valence electrons. The van der Waals surface area contributed by atoms with E-state index in [1.807, 2.05) is 42.9 Å². The summed E-state index contributed by atoms with van der Waals surface area (Å²) < 4.78 is 7.37. The number of hydrogen-bond acceptors (Lipinski definition) is 4. The van der Waals surface area contributed by atoms with Gasteiger partial charge in [0, 0.05) is 37.4 Å². The highest BCUT2D eigenvalue weighted by atomic mass is 16.3. The van der Waals surface area contributed by atoms with Gasteiger partial charge < -0.3 is 9.73 Å². The zero-order valence-corrected chi connectivity index (χ0v) is 16.2. The molecule has 1 atom stereocenters. The van der Waals surface area contributed by atoms with Crippen LogP contribution in [0.1, 0.15) is 39.7 Å². The Morgan fingerprint density at radius 3 is 2.78 bits per heavy atom. The highest BCUT2D eigenvalue weighted by molar-refractivity contribution is 5.94. The molecule has 0 aliphatic heterocycles. The van der Waals surface area contributed by atoms with E-state index in [1.54, 1.807) is 0 Å². The van der Waals surface area contributed by atoms with Crippen LogP contribution in [0.15, 0.2) is 41.9 Å². The highest BCUT2D eigenvalue weighted by Crippen LogP contribution is 2.27. The van der Waals surface area contributed by atoms with Crippen LogP contribution in [0.3, 0.4) is 0 Å². The van der Waals surface area contributed by atoms with Gasteiger partial charge in [0.05, 0.1) is 6.54 Å². The quantitative estimate of drug-likeness (QED) is 0.728. The topological polar surface area (TPSA) is 63.3 Å². The molecule has 0 aromatic carbocycles. The minimum absolute atomic E-state index is 0.152. The predicted molar refractivity (Wildman–Crippen MR) is 106 cm³/mol. The lowest BCUT2D eigenvalue weighted by molar-refractivity contribution is 0.0940. The zero-order valence-electron chi connectivity index (χ0n) is 16.2. The van der Waals surface area contributed by atoms with Crippen molar-refractivity contribution in [3.8, 4) is 0 Å². The summed E-state index contributed by atoms with van der Waals surface area (Å²) in [4.78, 5) is 15.1. The molecule has 0 saturated carbocycles. The average Bonchev–Trinajstić information content (AvgIpc) is 3.22. The molecule has 27 heavy (non-hydrogen) atoms. The lowest BCUT2D eigenvalue weighted by Crippen LogP contribution is -2.40. The van der Waals surface area contributed by atoms with Gasteiger partial charge in [-0.15, -0.1) is 13.2 Å². The molecule has 0 spiro atoms. The minimum Gasteiger partial charge on any atom is -0.465 e. The number of nitrogens with one attached hydrogen (secondary N) is 1. The zero-order chi connectivity index (χ0) is 19.4. The van der Waals surface area contributed by atoms with Crippen LogP contribution in [0, 0.1) is 6.92 Å². The number of carbonyl (C=O) groups excluding carboxylic acids is 1. The van der Waals surface area contributed by atoms with E-state index in [0.29, 0.717) is 18.3 Å². The fraction of sp³-hybridized carbons (Fsp3) is 0.429. The third-order valence-electron chi connectivity index (χ3n) is 5.11. The van der Waals surface area contributed by atoms with Crippen molar-refractivity contribution >= 4 is 5.91 Å². The van der Waals surface area contributed by atoms with Crippen LogP contribution in [0.2, 0.25) is 0 Å². The Labute approximate surface area is 160 Å². The molecule has 0 radical (unpaired) electrons. The number of aromatic nitrogens is 2. The van der Waals surface area contributed by atoms with Crippen LogP contribution < -0.4 is 5.32 Å². The Bertz CT molecular complexity index is 823. The van der Waals surface area contributed by atoms with Gasteiger partial charge >= 0.3 is 0 Å². The molecule has 2 heterocycles. The molecule has 2 aromatic rings. The maximum Gasteiger partial charge on any atom is 0.272 e. The van der Waals surface area contributed by atoms with E-state index < -0.39 is 0 Å². The summed E-state index contributed by atoms with van der Waals surface area (Å²) in [5, 5.41) is 7.44. The summed E-state index contributed by atoms with van der Waals surface area (Å²) in [6.07, 6.45) is 6.61. The van der Waals surface area contributed by atoms with E-state index in [0.717, 1.165) is 55.1 Å². The Morgan fingerprint density at radius 2 is 2.15 bits per heavy atom. The van der Waals surface area contributed by atoms with Crippen LogP contribution in [0.25, 0.3) is 0 Å². The van der Waals surface area contributed by atoms with Gasteiger partial charge in [-0.25, -0.2) is 0 Å². The number of rotatable bonds is 8. The van der Waals surface area contributed by atoms with Crippen molar-refractivity contribution in [1.82, 2.24) is 20.0 Å².